The second kappa shape index (κ2) is 5.23. The maximum Gasteiger partial charge on any atom is 0.163 e. The maximum absolute atomic E-state index is 6.20. The molecule has 1 aromatic carbocycles. The maximum atomic E-state index is 6.20. The normalized spacial score (nSPS) is 10.7. The second-order valence-electron chi connectivity index (χ2n) is 3.84. The van der Waals surface area contributed by atoms with Crippen LogP contribution >= 0.6 is 35.5 Å². The number of thiocarbonyl (C=S) groups is 1. The molecule has 0 atom stereocenters. The summed E-state index contributed by atoms with van der Waals surface area (Å²) in [4.78, 5) is 0.224. The third kappa shape index (κ3) is 2.28. The molecule has 0 unspecified atom stereocenters. The fourth-order valence-corrected chi connectivity index (χ4v) is 2.59. The molecule has 100 valence electrons. The van der Waals surface area contributed by atoms with Crippen molar-refractivity contribution < 1.29 is 0 Å². The van der Waals surface area contributed by atoms with Gasteiger partial charge in [0.1, 0.15) is 16.0 Å². The van der Waals surface area contributed by atoms with Gasteiger partial charge in [0.25, 0.3) is 0 Å². The molecule has 20 heavy (non-hydrogen) atoms. The number of hydrogen-bond donors (Lipinski definition) is 2. The fraction of sp³-hybridized carbons (Fsp3) is 0. The Morgan fingerprint density at radius 3 is 2.95 bits per heavy atom. The van der Waals surface area contributed by atoms with E-state index in [0.29, 0.717) is 27.6 Å². The Kier molecular flexibility index (Phi) is 3.43. The number of rotatable bonds is 3. The van der Waals surface area contributed by atoms with Gasteiger partial charge in [-0.2, -0.15) is 13.8 Å². The molecule has 2 heterocycles. The standard InChI is InChI=1S/C11H7ClN6S2/c12-6-1-2-7-9(18-20-17-7)8(6)15-11-5(10(13)19)3-4-14-16-11/h1-4H,(H2,13,19)(H,15,16). The molecule has 0 fully saturated rings. The van der Waals surface area contributed by atoms with Crippen LogP contribution in [0.4, 0.5) is 11.5 Å². The lowest BCUT2D eigenvalue weighted by atomic mass is 10.2. The van der Waals surface area contributed by atoms with E-state index in [9.17, 15) is 0 Å². The molecule has 0 saturated carbocycles. The Labute approximate surface area is 128 Å². The lowest BCUT2D eigenvalue weighted by Crippen LogP contribution is -2.13. The molecular formula is C11H7ClN6S2. The summed E-state index contributed by atoms with van der Waals surface area (Å²) in [5.41, 5.74) is 8.28. The van der Waals surface area contributed by atoms with E-state index in [1.807, 2.05) is 0 Å². The highest BCUT2D eigenvalue weighted by Gasteiger charge is 2.13. The molecule has 0 aliphatic heterocycles. The molecular weight excluding hydrogens is 316 g/mol. The van der Waals surface area contributed by atoms with Gasteiger partial charge in [-0.3, -0.25) is 0 Å². The molecule has 6 nitrogen and oxygen atoms in total. The molecule has 0 radical (unpaired) electrons. The molecule has 0 saturated heterocycles. The zero-order valence-corrected chi connectivity index (χ0v) is 12.3. The molecule has 3 aromatic rings. The number of nitrogens with zero attached hydrogens (tertiary/aromatic N) is 4. The molecule has 0 spiro atoms. The van der Waals surface area contributed by atoms with Gasteiger partial charge >= 0.3 is 0 Å². The van der Waals surface area contributed by atoms with Crippen molar-refractivity contribution in [2.24, 2.45) is 5.73 Å². The summed E-state index contributed by atoms with van der Waals surface area (Å²) in [6, 6.07) is 5.23. The summed E-state index contributed by atoms with van der Waals surface area (Å²) in [5.74, 6) is 0.433. The first-order valence-electron chi connectivity index (χ1n) is 5.46. The molecule has 9 heteroatoms. The highest BCUT2D eigenvalue weighted by Crippen LogP contribution is 2.32. The van der Waals surface area contributed by atoms with Crippen LogP contribution in [0.25, 0.3) is 11.0 Å². The van der Waals surface area contributed by atoms with Gasteiger partial charge in [-0.1, -0.05) is 23.8 Å². The molecule has 3 N–H and O–H groups in total. The average molecular weight is 323 g/mol. The van der Waals surface area contributed by atoms with Gasteiger partial charge in [0, 0.05) is 0 Å². The predicted molar refractivity (Wildman–Crippen MR) is 83.6 cm³/mol. The van der Waals surface area contributed by atoms with Crippen LogP contribution in [-0.2, 0) is 0 Å². The van der Waals surface area contributed by atoms with Crippen LogP contribution in [0.15, 0.2) is 24.4 Å². The first-order chi connectivity index (χ1) is 9.66. The van der Waals surface area contributed by atoms with E-state index >= 15 is 0 Å². The van der Waals surface area contributed by atoms with Gasteiger partial charge in [0.2, 0.25) is 0 Å². The van der Waals surface area contributed by atoms with Gasteiger partial charge in [-0.15, -0.1) is 5.10 Å². The first-order valence-corrected chi connectivity index (χ1v) is 6.98. The minimum Gasteiger partial charge on any atom is -0.389 e. The molecule has 0 amide bonds. The van der Waals surface area contributed by atoms with Crippen LogP contribution in [0.2, 0.25) is 5.02 Å². The Balaban J connectivity index is 2.12. The summed E-state index contributed by atoms with van der Waals surface area (Å²) in [7, 11) is 0. The molecule has 0 bridgehead atoms. The third-order valence-corrected chi connectivity index (χ3v) is 3.68. The Morgan fingerprint density at radius 2 is 2.15 bits per heavy atom. The van der Waals surface area contributed by atoms with E-state index in [2.05, 4.69) is 24.3 Å². The Hall–Kier alpha value is -1.90. The number of nitrogens with one attached hydrogen (secondary N) is 1. The van der Waals surface area contributed by atoms with Gasteiger partial charge < -0.3 is 11.1 Å². The number of aromatic nitrogens is 4. The fourth-order valence-electron chi connectivity index (χ4n) is 1.69. The van der Waals surface area contributed by atoms with E-state index in [0.717, 1.165) is 17.2 Å². The van der Waals surface area contributed by atoms with Crippen LogP contribution in [-0.4, -0.2) is 23.9 Å². The highest BCUT2D eigenvalue weighted by atomic mass is 35.5. The number of hydrogen-bond acceptors (Lipinski definition) is 7. The van der Waals surface area contributed by atoms with Crippen molar-refractivity contribution in [2.45, 2.75) is 0 Å². The third-order valence-electron chi connectivity index (χ3n) is 2.61. The van der Waals surface area contributed by atoms with E-state index in [1.165, 1.54) is 6.20 Å². The summed E-state index contributed by atoms with van der Waals surface area (Å²) >= 11 is 12.3. The van der Waals surface area contributed by atoms with E-state index < -0.39 is 0 Å². The summed E-state index contributed by atoms with van der Waals surface area (Å²) in [5, 5.41) is 11.4. The lowest BCUT2D eigenvalue weighted by molar-refractivity contribution is 1.03. The van der Waals surface area contributed by atoms with Crippen molar-refractivity contribution in [3.63, 3.8) is 0 Å². The first kappa shape index (κ1) is 13.1. The zero-order chi connectivity index (χ0) is 14.1. The molecule has 0 aliphatic carbocycles. The summed E-state index contributed by atoms with van der Waals surface area (Å²) < 4.78 is 8.39. The van der Waals surface area contributed by atoms with Gasteiger partial charge in [-0.05, 0) is 18.2 Å². The van der Waals surface area contributed by atoms with Crippen LogP contribution in [0.5, 0.6) is 0 Å². The lowest BCUT2D eigenvalue weighted by Gasteiger charge is -2.10. The molecule has 0 aliphatic rings. The smallest absolute Gasteiger partial charge is 0.163 e. The molecule has 3 rings (SSSR count). The van der Waals surface area contributed by atoms with Crippen LogP contribution in [0.3, 0.4) is 0 Å². The van der Waals surface area contributed by atoms with Crippen LogP contribution in [0, 0.1) is 0 Å². The van der Waals surface area contributed by atoms with Gasteiger partial charge in [-0.25, -0.2) is 0 Å². The summed E-state index contributed by atoms with van der Waals surface area (Å²) in [6.45, 7) is 0. The second-order valence-corrected chi connectivity index (χ2v) is 5.21. The number of anilines is 2. The van der Waals surface area contributed by atoms with Crippen molar-refractivity contribution in [3.05, 3.63) is 35.0 Å². The topological polar surface area (TPSA) is 89.6 Å². The average Bonchev–Trinajstić information content (AvgIpc) is 2.91. The number of fused-ring (bicyclic) bond motifs is 1. The predicted octanol–water partition coefficient (Wildman–Crippen LogP) is 2.51. The van der Waals surface area contributed by atoms with E-state index in [4.69, 9.17) is 29.6 Å². The van der Waals surface area contributed by atoms with Crippen molar-refractivity contribution in [3.8, 4) is 0 Å². The number of benzene rings is 1. The Morgan fingerprint density at radius 1 is 1.30 bits per heavy atom. The van der Waals surface area contributed by atoms with E-state index in [1.54, 1.807) is 18.2 Å². The van der Waals surface area contributed by atoms with Crippen LogP contribution in [0.1, 0.15) is 5.56 Å². The quantitative estimate of drug-likeness (QED) is 0.716. The summed E-state index contributed by atoms with van der Waals surface area (Å²) in [6.07, 6.45) is 1.52. The van der Waals surface area contributed by atoms with Crippen molar-refractivity contribution >= 4 is 63.1 Å². The monoisotopic (exact) mass is 322 g/mol. The molecule has 2 aromatic heterocycles. The minimum atomic E-state index is 0.224. The minimum absolute atomic E-state index is 0.224. The largest absolute Gasteiger partial charge is 0.389 e. The van der Waals surface area contributed by atoms with Crippen molar-refractivity contribution in [1.82, 2.24) is 18.9 Å². The van der Waals surface area contributed by atoms with Crippen LogP contribution < -0.4 is 11.1 Å². The Bertz CT molecular complexity index is 802. The van der Waals surface area contributed by atoms with E-state index in [-0.39, 0.29) is 4.99 Å². The van der Waals surface area contributed by atoms with Crippen molar-refractivity contribution in [1.29, 1.82) is 0 Å². The SMILES string of the molecule is NC(=S)c1ccnnc1Nc1c(Cl)ccc2nsnc12. The zero-order valence-electron chi connectivity index (χ0n) is 9.87. The van der Waals surface area contributed by atoms with Crippen molar-refractivity contribution in [2.75, 3.05) is 5.32 Å². The van der Waals surface area contributed by atoms with Gasteiger partial charge in [0.15, 0.2) is 5.82 Å². The highest BCUT2D eigenvalue weighted by molar-refractivity contribution is 7.80. The number of halogens is 1. The van der Waals surface area contributed by atoms with Gasteiger partial charge in [0.05, 0.1) is 34.2 Å². The number of nitrogens with two attached hydrogens (primary N) is 1.